The van der Waals surface area contributed by atoms with E-state index >= 15 is 0 Å². The summed E-state index contributed by atoms with van der Waals surface area (Å²) in [7, 11) is -2.22. The monoisotopic (exact) mass is 833 g/mol. The Morgan fingerprint density at radius 1 is 1.02 bits per heavy atom. The zero-order valence-electron chi connectivity index (χ0n) is 34.1. The molecule has 2 heterocycles. The summed E-state index contributed by atoms with van der Waals surface area (Å²) in [6.07, 6.45) is 5.34. The van der Waals surface area contributed by atoms with Crippen molar-refractivity contribution in [3.05, 3.63) is 89.2 Å². The summed E-state index contributed by atoms with van der Waals surface area (Å²) in [5, 5.41) is 14.8. The highest BCUT2D eigenvalue weighted by Gasteiger charge is 2.50. The number of carboxylic acid groups (broad SMARTS) is 1. The highest BCUT2D eigenvalue weighted by Crippen LogP contribution is 2.48. The molecule has 2 fully saturated rings. The molecule has 1 saturated carbocycles. The Labute approximate surface area is 345 Å². The number of nitrogens with zero attached hydrogens (tertiary/aromatic N) is 1. The van der Waals surface area contributed by atoms with E-state index in [0.717, 1.165) is 61.0 Å². The van der Waals surface area contributed by atoms with Crippen molar-refractivity contribution in [1.82, 2.24) is 10.6 Å². The van der Waals surface area contributed by atoms with Gasteiger partial charge >= 0.3 is 5.97 Å². The molecule has 58 heavy (non-hydrogen) atoms. The van der Waals surface area contributed by atoms with E-state index in [-0.39, 0.29) is 54.5 Å². The molecular weight excluding hydrogens is 778 g/mol. The van der Waals surface area contributed by atoms with Gasteiger partial charge in [-0.3, -0.25) is 19.2 Å². The van der Waals surface area contributed by atoms with E-state index < -0.39 is 37.3 Å². The summed E-state index contributed by atoms with van der Waals surface area (Å²) < 4.78 is 32.5. The standard InChI is InChI=1S/C44H56FN3O8SSi/c1-44(2,3)58(4,5)56-38(29-13-20-37-30(23-29)21-22-54-37)27-57-41-40(48(42(41)51)33-16-14-31(45)15-17-33)28-11-18-35(19-12-28)55-26-39(50)46-25-34(49)24-36(43(52)53)47-32-9-7-6-8-10-32/h11-20,23,32,36,38,40-41,47H,6-10,21-22,24-27H2,1-5H3,(H,46,50)(H,52,53)/t36-,38+,40-,41-/m1/s1. The van der Waals surface area contributed by atoms with E-state index in [0.29, 0.717) is 23.8 Å². The summed E-state index contributed by atoms with van der Waals surface area (Å²) in [5.41, 5.74) is 3.65. The second-order valence-electron chi connectivity index (χ2n) is 17.0. The number of carbonyl (C=O) groups excluding carboxylic acids is 3. The average molecular weight is 834 g/mol. The van der Waals surface area contributed by atoms with Crippen LogP contribution in [-0.2, 0) is 30.0 Å². The van der Waals surface area contributed by atoms with Crippen molar-refractivity contribution in [3.8, 4) is 11.5 Å². The van der Waals surface area contributed by atoms with Crippen molar-refractivity contribution in [2.75, 3.05) is 30.4 Å². The molecule has 0 aromatic heterocycles. The van der Waals surface area contributed by atoms with E-state index in [1.807, 2.05) is 18.2 Å². The number of rotatable bonds is 18. The van der Waals surface area contributed by atoms with Crippen molar-refractivity contribution in [1.29, 1.82) is 0 Å². The average Bonchev–Trinajstić information content (AvgIpc) is 3.67. The highest BCUT2D eigenvalue weighted by molar-refractivity contribution is 8.00. The number of Topliss-reactive ketones (excluding diaryl/α,β-unsaturated/α-hetero) is 1. The van der Waals surface area contributed by atoms with Crippen LogP contribution < -0.4 is 25.0 Å². The Morgan fingerprint density at radius 3 is 2.40 bits per heavy atom. The van der Waals surface area contributed by atoms with Gasteiger partial charge in [0.1, 0.15) is 28.6 Å². The van der Waals surface area contributed by atoms with E-state index in [4.69, 9.17) is 13.9 Å². The van der Waals surface area contributed by atoms with E-state index in [1.54, 1.807) is 40.9 Å². The Kier molecular flexibility index (Phi) is 14.0. The number of ether oxygens (including phenoxy) is 2. The molecule has 3 aromatic carbocycles. The summed E-state index contributed by atoms with van der Waals surface area (Å²) in [5.74, 6) is -0.600. The fourth-order valence-corrected chi connectivity index (χ4v) is 10.2. The Morgan fingerprint density at radius 2 is 1.72 bits per heavy atom. The molecule has 0 radical (unpaired) electrons. The Hall–Kier alpha value is -4.24. The van der Waals surface area contributed by atoms with Crippen molar-refractivity contribution in [2.24, 2.45) is 0 Å². The lowest BCUT2D eigenvalue weighted by Gasteiger charge is -2.47. The second kappa shape index (κ2) is 18.8. The first-order chi connectivity index (χ1) is 27.6. The molecular formula is C44H56FN3O8SSi. The second-order valence-corrected chi connectivity index (χ2v) is 22.9. The van der Waals surface area contributed by atoms with Gasteiger partial charge in [-0.25, -0.2) is 4.39 Å². The van der Waals surface area contributed by atoms with E-state index in [2.05, 4.69) is 56.6 Å². The normalized spacial score (nSPS) is 19.4. The molecule has 1 saturated heterocycles. The zero-order valence-corrected chi connectivity index (χ0v) is 35.9. The minimum atomic E-state index is -2.22. The third-order valence-electron chi connectivity index (χ3n) is 11.8. The number of nitrogens with one attached hydrogen (secondary N) is 2. The van der Waals surface area contributed by atoms with E-state index in [9.17, 15) is 28.7 Å². The van der Waals surface area contributed by atoms with Gasteiger partial charge in [-0.05, 0) is 96.2 Å². The number of β-lactam (4-membered cyclic amide) rings is 1. The number of halogens is 1. The molecule has 3 aliphatic rings. The summed E-state index contributed by atoms with van der Waals surface area (Å²) in [6, 6.07) is 18.0. The number of ketones is 1. The van der Waals surface area contributed by atoms with Gasteiger partial charge < -0.3 is 34.5 Å². The number of aliphatic carboxylic acids is 1. The molecule has 0 unspecified atom stereocenters. The number of carbonyl (C=O) groups is 4. The fraction of sp³-hybridized carbons (Fsp3) is 0.500. The smallest absolute Gasteiger partial charge is 0.321 e. The first kappa shape index (κ1) is 43.3. The topological polar surface area (TPSA) is 143 Å². The predicted molar refractivity (Wildman–Crippen MR) is 226 cm³/mol. The highest BCUT2D eigenvalue weighted by atomic mass is 32.2. The van der Waals surface area contributed by atoms with Crippen LogP contribution >= 0.6 is 11.8 Å². The van der Waals surface area contributed by atoms with Crippen LogP contribution in [0.25, 0.3) is 0 Å². The number of fused-ring (bicyclic) bond motifs is 1. The van der Waals surface area contributed by atoms with Gasteiger partial charge in [-0.15, -0.1) is 11.8 Å². The maximum Gasteiger partial charge on any atom is 0.321 e. The largest absolute Gasteiger partial charge is 0.493 e. The third kappa shape index (κ3) is 10.7. The quantitative estimate of drug-likeness (QED) is 0.0869. The molecule has 0 bridgehead atoms. The van der Waals surface area contributed by atoms with Crippen LogP contribution in [0.15, 0.2) is 66.7 Å². The van der Waals surface area contributed by atoms with Gasteiger partial charge in [0, 0.05) is 30.3 Å². The SMILES string of the molecule is CC(C)(C)[Si](C)(C)O[C@@H](CS[C@H]1C(=O)N(c2ccc(F)cc2)[C@@H]1c1ccc(OCC(=O)NCC(=O)C[C@@H](NC2CCCCC2)C(=O)O)cc1)c1ccc2c(c1)CCO2. The number of amides is 2. The van der Waals surface area contributed by atoms with Gasteiger partial charge in [0.15, 0.2) is 20.7 Å². The molecule has 3 N–H and O–H groups in total. The lowest BCUT2D eigenvalue weighted by Crippen LogP contribution is -2.58. The fourth-order valence-electron chi connectivity index (χ4n) is 7.40. The van der Waals surface area contributed by atoms with Gasteiger partial charge in [0.2, 0.25) is 5.91 Å². The number of benzene rings is 3. The van der Waals surface area contributed by atoms with Gasteiger partial charge in [0.05, 0.1) is 25.3 Å². The molecule has 3 aromatic rings. The van der Waals surface area contributed by atoms with Crippen LogP contribution in [0.2, 0.25) is 18.1 Å². The Bertz CT molecular complexity index is 1930. The first-order valence-electron chi connectivity index (χ1n) is 20.2. The molecule has 2 aliphatic heterocycles. The van der Waals surface area contributed by atoms with Crippen molar-refractivity contribution in [2.45, 2.75) is 113 Å². The Balaban J connectivity index is 1.10. The molecule has 4 atom stereocenters. The van der Waals surface area contributed by atoms with Crippen LogP contribution in [-0.4, -0.2) is 79.8 Å². The number of hydrogen-bond acceptors (Lipinski definition) is 9. The maximum atomic E-state index is 14.0. The van der Waals surface area contributed by atoms with Gasteiger partial charge in [0.25, 0.3) is 5.91 Å². The predicted octanol–water partition coefficient (Wildman–Crippen LogP) is 7.54. The minimum Gasteiger partial charge on any atom is -0.493 e. The molecule has 312 valence electrons. The van der Waals surface area contributed by atoms with Crippen LogP contribution in [0.3, 0.4) is 0 Å². The molecule has 6 rings (SSSR count). The number of thioether (sulfide) groups is 1. The molecule has 0 spiro atoms. The van der Waals surface area contributed by atoms with Gasteiger partial charge in [-0.1, -0.05) is 58.2 Å². The van der Waals surface area contributed by atoms with Crippen molar-refractivity contribution in [3.63, 3.8) is 0 Å². The number of carboxylic acids is 1. The number of hydrogen-bond donors (Lipinski definition) is 3. The van der Waals surface area contributed by atoms with E-state index in [1.165, 1.54) is 12.1 Å². The zero-order chi connectivity index (χ0) is 41.6. The summed E-state index contributed by atoms with van der Waals surface area (Å²) in [6.45, 7) is 11.1. The lowest BCUT2D eigenvalue weighted by atomic mass is 9.92. The molecule has 2 amide bonds. The summed E-state index contributed by atoms with van der Waals surface area (Å²) in [4.78, 5) is 52.6. The molecule has 1 aliphatic carbocycles. The van der Waals surface area contributed by atoms with Crippen LogP contribution in [0.1, 0.15) is 88.1 Å². The third-order valence-corrected chi connectivity index (χ3v) is 17.6. The first-order valence-corrected chi connectivity index (χ1v) is 24.2. The minimum absolute atomic E-state index is 0.0248. The van der Waals surface area contributed by atoms with Crippen LogP contribution in [0.4, 0.5) is 10.1 Å². The van der Waals surface area contributed by atoms with Crippen molar-refractivity contribution < 1.29 is 42.6 Å². The van der Waals surface area contributed by atoms with Gasteiger partial charge in [-0.2, -0.15) is 0 Å². The lowest BCUT2D eigenvalue weighted by molar-refractivity contribution is -0.141. The maximum absolute atomic E-state index is 14.0. The van der Waals surface area contributed by atoms with Crippen LogP contribution in [0, 0.1) is 5.82 Å². The number of anilines is 1. The molecule has 11 nitrogen and oxygen atoms in total. The van der Waals surface area contributed by atoms with Crippen LogP contribution in [0.5, 0.6) is 11.5 Å². The van der Waals surface area contributed by atoms with Crippen molar-refractivity contribution >= 4 is 49.3 Å². The summed E-state index contributed by atoms with van der Waals surface area (Å²) >= 11 is 1.56. The molecule has 14 heteroatoms.